The van der Waals surface area contributed by atoms with Gasteiger partial charge in [0.2, 0.25) is 5.91 Å². The molecule has 2 heterocycles. The Morgan fingerprint density at radius 1 is 1.32 bits per heavy atom. The highest BCUT2D eigenvalue weighted by Gasteiger charge is 2.27. The lowest BCUT2D eigenvalue weighted by Crippen LogP contribution is -2.35. The van der Waals surface area contributed by atoms with Gasteiger partial charge in [-0.3, -0.25) is 9.59 Å². The van der Waals surface area contributed by atoms with Crippen LogP contribution in [0.15, 0.2) is 30.3 Å². The van der Waals surface area contributed by atoms with Gasteiger partial charge in [-0.25, -0.2) is 4.79 Å². The number of rotatable bonds is 5. The van der Waals surface area contributed by atoms with E-state index in [-0.39, 0.29) is 6.09 Å². The number of carbonyl (C=O) groups is 3. The number of amides is 2. The molecule has 0 saturated carbocycles. The number of para-hydroxylation sites is 1. The van der Waals surface area contributed by atoms with Crippen molar-refractivity contribution in [1.82, 2.24) is 4.90 Å². The third kappa shape index (κ3) is 5.29. The number of ether oxygens (including phenoxy) is 2. The molecule has 31 heavy (non-hydrogen) atoms. The predicted octanol–water partition coefficient (Wildman–Crippen LogP) is 3.71. The summed E-state index contributed by atoms with van der Waals surface area (Å²) in [6.45, 7) is 4.15. The first kappa shape index (κ1) is 22.1. The zero-order valence-corrected chi connectivity index (χ0v) is 18.0. The van der Waals surface area contributed by atoms with Crippen molar-refractivity contribution in [1.29, 1.82) is 5.26 Å². The molecule has 0 fully saturated rings. The molecule has 0 radical (unpaired) electrons. The van der Waals surface area contributed by atoms with Crippen LogP contribution in [0.3, 0.4) is 0 Å². The van der Waals surface area contributed by atoms with E-state index >= 15 is 0 Å². The topological polar surface area (TPSA) is 109 Å². The van der Waals surface area contributed by atoms with Crippen LogP contribution >= 0.6 is 11.3 Å². The Morgan fingerprint density at radius 3 is 2.81 bits per heavy atom. The van der Waals surface area contributed by atoms with Gasteiger partial charge in [-0.1, -0.05) is 18.2 Å². The molecule has 0 spiro atoms. The van der Waals surface area contributed by atoms with E-state index in [1.165, 1.54) is 30.4 Å². The highest BCUT2D eigenvalue weighted by molar-refractivity contribution is 7.16. The Labute approximate surface area is 183 Å². The molecule has 0 unspecified atom stereocenters. The fraction of sp³-hybridized carbons (Fsp3) is 0.273. The summed E-state index contributed by atoms with van der Waals surface area (Å²) in [7, 11) is 0. The molecule has 0 bridgehead atoms. The van der Waals surface area contributed by atoms with Gasteiger partial charge >= 0.3 is 12.1 Å². The Balaban J connectivity index is 1.75. The van der Waals surface area contributed by atoms with Gasteiger partial charge in [-0.05, 0) is 31.1 Å². The summed E-state index contributed by atoms with van der Waals surface area (Å²) >= 11 is 1.28. The summed E-state index contributed by atoms with van der Waals surface area (Å²) in [5.41, 5.74) is 1.85. The third-order valence-electron chi connectivity index (χ3n) is 4.52. The van der Waals surface area contributed by atoms with Crippen LogP contribution in [0, 0.1) is 11.3 Å². The standard InChI is InChI=1S/C22H21N3O5S/c1-3-29-22(28)25-11-10-16-17(12-23)21(31-19(16)13-25)24-20(27)9-8-15-6-4-5-7-18(15)30-14(2)26/h4-9H,3,10-11,13H2,1-2H3,(H,24,27)/b9-8+. The van der Waals surface area contributed by atoms with Crippen LogP contribution < -0.4 is 10.1 Å². The molecule has 0 aliphatic carbocycles. The minimum Gasteiger partial charge on any atom is -0.450 e. The van der Waals surface area contributed by atoms with E-state index in [1.807, 2.05) is 0 Å². The number of nitrogens with one attached hydrogen (secondary N) is 1. The fourth-order valence-electron chi connectivity index (χ4n) is 3.17. The van der Waals surface area contributed by atoms with E-state index in [1.54, 1.807) is 36.1 Å². The van der Waals surface area contributed by atoms with E-state index in [9.17, 15) is 19.6 Å². The predicted molar refractivity (Wildman–Crippen MR) is 116 cm³/mol. The molecule has 1 aliphatic heterocycles. The first-order valence-electron chi connectivity index (χ1n) is 9.65. The Bertz CT molecular complexity index is 1080. The van der Waals surface area contributed by atoms with Gasteiger partial charge in [0, 0.05) is 30.0 Å². The van der Waals surface area contributed by atoms with Crippen LogP contribution in [0.2, 0.25) is 0 Å². The molecule has 1 N–H and O–H groups in total. The molecule has 0 saturated heterocycles. The van der Waals surface area contributed by atoms with E-state index < -0.39 is 11.9 Å². The number of thiophene rings is 1. The molecule has 1 aromatic heterocycles. The molecular weight excluding hydrogens is 418 g/mol. The monoisotopic (exact) mass is 439 g/mol. The van der Waals surface area contributed by atoms with Crippen molar-refractivity contribution < 1.29 is 23.9 Å². The summed E-state index contributed by atoms with van der Waals surface area (Å²) < 4.78 is 10.2. The summed E-state index contributed by atoms with van der Waals surface area (Å²) in [6.07, 6.45) is 2.98. The summed E-state index contributed by atoms with van der Waals surface area (Å²) in [6, 6.07) is 9.01. The second kappa shape index (κ2) is 9.91. The Hall–Kier alpha value is -3.64. The lowest BCUT2D eigenvalue weighted by Gasteiger charge is -2.25. The van der Waals surface area contributed by atoms with Crippen molar-refractivity contribution in [3.8, 4) is 11.8 Å². The van der Waals surface area contributed by atoms with E-state index in [0.717, 1.165) is 10.4 Å². The molecule has 9 heteroatoms. The van der Waals surface area contributed by atoms with E-state index in [4.69, 9.17) is 9.47 Å². The highest BCUT2D eigenvalue weighted by atomic mass is 32.1. The molecule has 2 aromatic rings. The zero-order valence-electron chi connectivity index (χ0n) is 17.1. The molecule has 0 atom stereocenters. The smallest absolute Gasteiger partial charge is 0.410 e. The molecule has 8 nitrogen and oxygen atoms in total. The van der Waals surface area contributed by atoms with Gasteiger partial charge in [0.1, 0.15) is 16.8 Å². The summed E-state index contributed by atoms with van der Waals surface area (Å²) in [5.74, 6) is -0.526. The second-order valence-corrected chi connectivity index (χ2v) is 7.75. The number of nitriles is 1. The number of hydrogen-bond donors (Lipinski definition) is 1. The minimum absolute atomic E-state index is 0.296. The average molecular weight is 439 g/mol. The molecule has 3 rings (SSSR count). The zero-order chi connectivity index (χ0) is 22.4. The van der Waals surface area contributed by atoms with Crippen LogP contribution in [-0.2, 0) is 27.3 Å². The maximum absolute atomic E-state index is 12.5. The Morgan fingerprint density at radius 2 is 2.10 bits per heavy atom. The minimum atomic E-state index is -0.454. The summed E-state index contributed by atoms with van der Waals surface area (Å²) in [5, 5.41) is 12.8. The second-order valence-electron chi connectivity index (χ2n) is 6.64. The van der Waals surface area contributed by atoms with Crippen LogP contribution in [0.4, 0.5) is 9.80 Å². The van der Waals surface area contributed by atoms with Gasteiger partial charge in [0.05, 0.1) is 18.7 Å². The molecule has 1 aromatic carbocycles. The van der Waals surface area contributed by atoms with Gasteiger partial charge in [-0.2, -0.15) is 5.26 Å². The van der Waals surface area contributed by atoms with Gasteiger partial charge in [-0.15, -0.1) is 11.3 Å². The number of nitrogens with zero attached hydrogens (tertiary/aromatic N) is 2. The Kier molecular flexibility index (Phi) is 7.05. The summed E-state index contributed by atoms with van der Waals surface area (Å²) in [4.78, 5) is 38.1. The van der Waals surface area contributed by atoms with Crippen LogP contribution in [-0.4, -0.2) is 36.0 Å². The number of anilines is 1. The van der Waals surface area contributed by atoms with Crippen LogP contribution in [0.5, 0.6) is 5.75 Å². The number of carbonyl (C=O) groups excluding carboxylic acids is 3. The van der Waals surface area contributed by atoms with Crippen molar-refractivity contribution >= 4 is 40.4 Å². The quantitative estimate of drug-likeness (QED) is 0.432. The molecular formula is C22H21N3O5S. The van der Waals surface area contributed by atoms with Gasteiger partial charge in [0.15, 0.2) is 0 Å². The maximum Gasteiger partial charge on any atom is 0.410 e. The van der Waals surface area contributed by atoms with Crippen LogP contribution in [0.25, 0.3) is 6.08 Å². The van der Waals surface area contributed by atoms with Crippen molar-refractivity contribution in [2.24, 2.45) is 0 Å². The number of hydrogen-bond acceptors (Lipinski definition) is 7. The lowest BCUT2D eigenvalue weighted by atomic mass is 10.0. The normalized spacial score (nSPS) is 12.7. The number of benzene rings is 1. The highest BCUT2D eigenvalue weighted by Crippen LogP contribution is 2.36. The molecule has 2 amide bonds. The average Bonchev–Trinajstić information content (AvgIpc) is 3.08. The van der Waals surface area contributed by atoms with E-state index in [2.05, 4.69) is 11.4 Å². The first-order chi connectivity index (χ1) is 14.9. The number of fused-ring (bicyclic) bond motifs is 1. The van der Waals surface area contributed by atoms with Crippen molar-refractivity contribution in [2.75, 3.05) is 18.5 Å². The first-order valence-corrected chi connectivity index (χ1v) is 10.5. The third-order valence-corrected chi connectivity index (χ3v) is 5.65. The molecule has 160 valence electrons. The van der Waals surface area contributed by atoms with Crippen molar-refractivity contribution in [2.45, 2.75) is 26.8 Å². The van der Waals surface area contributed by atoms with Crippen molar-refractivity contribution in [3.05, 3.63) is 51.9 Å². The number of esters is 1. The van der Waals surface area contributed by atoms with Crippen molar-refractivity contribution in [3.63, 3.8) is 0 Å². The van der Waals surface area contributed by atoms with Gasteiger partial charge < -0.3 is 19.7 Å². The molecule has 1 aliphatic rings. The van der Waals surface area contributed by atoms with E-state index in [0.29, 0.717) is 48.0 Å². The largest absolute Gasteiger partial charge is 0.450 e. The maximum atomic E-state index is 12.5. The lowest BCUT2D eigenvalue weighted by molar-refractivity contribution is -0.131. The fourth-order valence-corrected chi connectivity index (χ4v) is 4.38. The van der Waals surface area contributed by atoms with Gasteiger partial charge in [0.25, 0.3) is 0 Å². The van der Waals surface area contributed by atoms with Crippen LogP contribution in [0.1, 0.15) is 35.4 Å². The SMILES string of the molecule is CCOC(=O)N1CCc2c(sc(NC(=O)/C=C/c3ccccc3OC(C)=O)c2C#N)C1.